The molecule has 0 aliphatic rings. The summed E-state index contributed by atoms with van der Waals surface area (Å²) in [7, 11) is 0. The fraction of sp³-hybridized carbons (Fsp3) is 0.118. The second-order valence-corrected chi connectivity index (χ2v) is 4.21. The van der Waals surface area contributed by atoms with Gasteiger partial charge in [-0.2, -0.15) is 0 Å². The van der Waals surface area contributed by atoms with Gasteiger partial charge in [0.25, 0.3) is 0 Å². The van der Waals surface area contributed by atoms with Crippen molar-refractivity contribution in [3.05, 3.63) is 67.3 Å². The van der Waals surface area contributed by atoms with E-state index in [0.717, 1.165) is 16.5 Å². The molecular formula is C17H16O3. The highest BCUT2D eigenvalue weighted by molar-refractivity contribution is 5.95. The van der Waals surface area contributed by atoms with Crippen LogP contribution in [-0.4, -0.2) is 19.2 Å². The average Bonchev–Trinajstić information content (AvgIpc) is 2.49. The van der Waals surface area contributed by atoms with Crippen molar-refractivity contribution in [1.29, 1.82) is 0 Å². The highest BCUT2D eigenvalue weighted by Gasteiger charge is 2.07. The van der Waals surface area contributed by atoms with Crippen LogP contribution in [-0.2, 0) is 4.74 Å². The van der Waals surface area contributed by atoms with Crippen LogP contribution in [0.4, 0.5) is 0 Å². The standard InChI is InChI=1S/C17H16O3/c1-3-9-19-16-8-7-13-11-15(6-5-14(13)12-16)17(18)20-10-4-2/h3-8,11-12H,1-2,9-10H2. The molecule has 2 aromatic carbocycles. The third kappa shape index (κ3) is 3.26. The smallest absolute Gasteiger partial charge is 0.338 e. The molecule has 0 heterocycles. The molecule has 0 atom stereocenters. The molecule has 0 saturated heterocycles. The van der Waals surface area contributed by atoms with Gasteiger partial charge < -0.3 is 9.47 Å². The quantitative estimate of drug-likeness (QED) is 0.591. The molecule has 0 saturated carbocycles. The number of rotatable bonds is 6. The summed E-state index contributed by atoms with van der Waals surface area (Å²) in [5.41, 5.74) is 0.527. The molecular weight excluding hydrogens is 252 g/mol. The Balaban J connectivity index is 2.24. The third-order valence-electron chi connectivity index (χ3n) is 2.75. The number of hydrogen-bond donors (Lipinski definition) is 0. The second kappa shape index (κ2) is 6.57. The molecule has 0 aromatic heterocycles. The molecule has 0 aliphatic carbocycles. The number of hydrogen-bond acceptors (Lipinski definition) is 3. The van der Waals surface area contributed by atoms with Crippen molar-refractivity contribution < 1.29 is 14.3 Å². The summed E-state index contributed by atoms with van der Waals surface area (Å²) in [5.74, 6) is 0.429. The van der Waals surface area contributed by atoms with E-state index in [9.17, 15) is 4.79 Å². The number of fused-ring (bicyclic) bond motifs is 1. The first-order valence-corrected chi connectivity index (χ1v) is 6.30. The maximum absolute atomic E-state index is 11.7. The Hall–Kier alpha value is -2.55. The summed E-state index contributed by atoms with van der Waals surface area (Å²) in [6, 6.07) is 11.1. The fourth-order valence-electron chi connectivity index (χ4n) is 1.81. The first-order chi connectivity index (χ1) is 9.74. The molecule has 2 aromatic rings. The topological polar surface area (TPSA) is 35.5 Å². The van der Waals surface area contributed by atoms with E-state index in [1.165, 1.54) is 0 Å². The molecule has 0 aliphatic heterocycles. The molecule has 0 spiro atoms. The summed E-state index contributed by atoms with van der Waals surface area (Å²) in [6.45, 7) is 7.81. The summed E-state index contributed by atoms with van der Waals surface area (Å²) in [6.07, 6.45) is 3.24. The molecule has 2 rings (SSSR count). The van der Waals surface area contributed by atoms with Gasteiger partial charge in [-0.3, -0.25) is 0 Å². The van der Waals surface area contributed by atoms with Gasteiger partial charge in [0.2, 0.25) is 0 Å². The van der Waals surface area contributed by atoms with Gasteiger partial charge >= 0.3 is 5.97 Å². The molecule has 0 unspecified atom stereocenters. The molecule has 20 heavy (non-hydrogen) atoms. The maximum atomic E-state index is 11.7. The number of carbonyl (C=O) groups excluding carboxylic acids is 1. The minimum Gasteiger partial charge on any atom is -0.490 e. The minimum atomic E-state index is -0.348. The van der Waals surface area contributed by atoms with Crippen LogP contribution >= 0.6 is 0 Å². The zero-order valence-electron chi connectivity index (χ0n) is 11.2. The molecule has 0 N–H and O–H groups in total. The zero-order chi connectivity index (χ0) is 14.4. The van der Waals surface area contributed by atoms with Crippen LogP contribution in [0.15, 0.2) is 61.7 Å². The molecule has 0 amide bonds. The Morgan fingerprint density at radius 3 is 2.45 bits per heavy atom. The molecule has 0 fully saturated rings. The predicted octanol–water partition coefficient (Wildman–Crippen LogP) is 3.75. The van der Waals surface area contributed by atoms with E-state index in [0.29, 0.717) is 12.2 Å². The first-order valence-electron chi connectivity index (χ1n) is 6.30. The lowest BCUT2D eigenvalue weighted by Gasteiger charge is -2.06. The van der Waals surface area contributed by atoms with Crippen LogP contribution in [0.2, 0.25) is 0 Å². The van der Waals surface area contributed by atoms with Gasteiger partial charge in [0, 0.05) is 0 Å². The van der Waals surface area contributed by atoms with Crippen molar-refractivity contribution in [3.63, 3.8) is 0 Å². The van der Waals surface area contributed by atoms with E-state index in [1.807, 2.05) is 24.3 Å². The maximum Gasteiger partial charge on any atom is 0.338 e. The van der Waals surface area contributed by atoms with Crippen molar-refractivity contribution in [2.45, 2.75) is 0 Å². The van der Waals surface area contributed by atoms with Crippen molar-refractivity contribution in [3.8, 4) is 5.75 Å². The molecule has 102 valence electrons. The number of benzene rings is 2. The van der Waals surface area contributed by atoms with Crippen LogP contribution in [0.1, 0.15) is 10.4 Å². The molecule has 3 nitrogen and oxygen atoms in total. The van der Waals surface area contributed by atoms with Crippen molar-refractivity contribution in [2.24, 2.45) is 0 Å². The monoisotopic (exact) mass is 268 g/mol. The summed E-state index contributed by atoms with van der Waals surface area (Å²) in [4.78, 5) is 11.7. The van der Waals surface area contributed by atoms with Crippen molar-refractivity contribution in [2.75, 3.05) is 13.2 Å². The van der Waals surface area contributed by atoms with Crippen LogP contribution in [0.25, 0.3) is 10.8 Å². The Labute approximate surface area is 118 Å². The highest BCUT2D eigenvalue weighted by atomic mass is 16.5. The van der Waals surface area contributed by atoms with Gasteiger partial charge in [-0.1, -0.05) is 37.4 Å². The van der Waals surface area contributed by atoms with E-state index < -0.39 is 0 Å². The normalized spacial score (nSPS) is 10.0. The van der Waals surface area contributed by atoms with Gasteiger partial charge in [0.15, 0.2) is 0 Å². The predicted molar refractivity (Wildman–Crippen MR) is 80.1 cm³/mol. The van der Waals surface area contributed by atoms with Crippen LogP contribution in [0.3, 0.4) is 0 Å². The Bertz CT molecular complexity index is 644. The van der Waals surface area contributed by atoms with E-state index >= 15 is 0 Å². The Morgan fingerprint density at radius 2 is 1.70 bits per heavy atom. The summed E-state index contributed by atoms with van der Waals surface area (Å²) < 4.78 is 10.5. The first kappa shape index (κ1) is 13.9. The van der Waals surface area contributed by atoms with E-state index in [-0.39, 0.29) is 12.6 Å². The van der Waals surface area contributed by atoms with E-state index in [2.05, 4.69) is 13.2 Å². The fourth-order valence-corrected chi connectivity index (χ4v) is 1.81. The van der Waals surface area contributed by atoms with Crippen molar-refractivity contribution >= 4 is 16.7 Å². The molecule has 0 bridgehead atoms. The molecule has 0 radical (unpaired) electrons. The van der Waals surface area contributed by atoms with E-state index in [1.54, 1.807) is 24.3 Å². The minimum absolute atomic E-state index is 0.213. The zero-order valence-corrected chi connectivity index (χ0v) is 11.2. The van der Waals surface area contributed by atoms with Gasteiger partial charge in [-0.25, -0.2) is 4.79 Å². The number of carbonyl (C=O) groups is 1. The number of esters is 1. The van der Waals surface area contributed by atoms with E-state index in [4.69, 9.17) is 9.47 Å². The highest BCUT2D eigenvalue weighted by Crippen LogP contribution is 2.22. The third-order valence-corrected chi connectivity index (χ3v) is 2.75. The lowest BCUT2D eigenvalue weighted by molar-refractivity contribution is 0.0550. The average molecular weight is 268 g/mol. The number of ether oxygens (including phenoxy) is 2. The summed E-state index contributed by atoms with van der Waals surface area (Å²) >= 11 is 0. The van der Waals surface area contributed by atoms with Gasteiger partial charge in [-0.15, -0.1) is 0 Å². The van der Waals surface area contributed by atoms with Crippen molar-refractivity contribution in [1.82, 2.24) is 0 Å². The van der Waals surface area contributed by atoms with Crippen LogP contribution in [0, 0.1) is 0 Å². The Kier molecular flexibility index (Phi) is 4.56. The molecule has 3 heteroatoms. The van der Waals surface area contributed by atoms with Gasteiger partial charge in [-0.05, 0) is 35.0 Å². The van der Waals surface area contributed by atoms with Gasteiger partial charge in [0.1, 0.15) is 19.0 Å². The lowest BCUT2D eigenvalue weighted by atomic mass is 10.1. The summed E-state index contributed by atoms with van der Waals surface area (Å²) in [5, 5.41) is 1.97. The second-order valence-electron chi connectivity index (χ2n) is 4.21. The van der Waals surface area contributed by atoms with Gasteiger partial charge in [0.05, 0.1) is 5.56 Å². The largest absolute Gasteiger partial charge is 0.490 e. The SMILES string of the molecule is C=CCOC(=O)c1ccc2cc(OCC=C)ccc2c1. The van der Waals surface area contributed by atoms with Crippen LogP contribution in [0.5, 0.6) is 5.75 Å². The van der Waals surface area contributed by atoms with Crippen LogP contribution < -0.4 is 4.74 Å². The Morgan fingerprint density at radius 1 is 1.00 bits per heavy atom. The lowest BCUT2D eigenvalue weighted by Crippen LogP contribution is -2.04.